The molecule has 4 aliphatic rings. The number of fused-ring (bicyclic) bond motifs is 5. The molecule has 0 radical (unpaired) electrons. The molecule has 4 fully saturated rings. The Balaban J connectivity index is 1.34. The first-order chi connectivity index (χ1) is 19.0. The SMILES string of the molecule is CO/N=C(\CCC(=O)O)c1nc2ccccc2n(C2CC3CCC[C@@H](C2)N3C2C[C@H]3CCCC[C@@H](C2)C3)c1=O. The summed E-state index contributed by atoms with van der Waals surface area (Å²) in [6, 6.07) is 9.61. The zero-order chi connectivity index (χ0) is 26.9. The summed E-state index contributed by atoms with van der Waals surface area (Å²) in [7, 11) is 1.42. The molecule has 39 heavy (non-hydrogen) atoms. The van der Waals surface area contributed by atoms with Crippen molar-refractivity contribution >= 4 is 22.7 Å². The first-order valence-corrected chi connectivity index (χ1v) is 15.1. The average Bonchev–Trinajstić information content (AvgIpc) is 3.09. The highest BCUT2D eigenvalue weighted by Gasteiger charge is 2.45. The van der Waals surface area contributed by atoms with Crippen molar-refractivity contribution in [2.45, 2.75) is 114 Å². The normalized spacial score (nSPS) is 31.6. The van der Waals surface area contributed by atoms with Crippen molar-refractivity contribution in [3.63, 3.8) is 0 Å². The van der Waals surface area contributed by atoms with Crippen LogP contribution < -0.4 is 5.56 Å². The first-order valence-electron chi connectivity index (χ1n) is 15.1. The summed E-state index contributed by atoms with van der Waals surface area (Å²) >= 11 is 0. The van der Waals surface area contributed by atoms with E-state index in [1.165, 1.54) is 71.3 Å². The second-order valence-corrected chi connectivity index (χ2v) is 12.4. The average molecular weight is 535 g/mol. The third-order valence-electron chi connectivity index (χ3n) is 9.99. The lowest BCUT2D eigenvalue weighted by atomic mass is 9.73. The molecule has 1 aromatic carbocycles. The fourth-order valence-electron chi connectivity index (χ4n) is 8.55. The summed E-state index contributed by atoms with van der Waals surface area (Å²) in [5.41, 5.74) is 1.90. The molecule has 3 unspecified atom stereocenters. The van der Waals surface area contributed by atoms with E-state index in [4.69, 9.17) is 4.84 Å². The second kappa shape index (κ2) is 11.4. The summed E-state index contributed by atoms with van der Waals surface area (Å²) in [6.07, 6.45) is 15.4. The van der Waals surface area contributed by atoms with Crippen LogP contribution in [-0.2, 0) is 9.63 Å². The number of benzene rings is 1. The molecular formula is C31H42N4O4. The molecule has 2 aromatic rings. The predicted molar refractivity (Wildman–Crippen MR) is 151 cm³/mol. The Morgan fingerprint density at radius 1 is 0.923 bits per heavy atom. The van der Waals surface area contributed by atoms with E-state index in [9.17, 15) is 14.7 Å². The highest BCUT2D eigenvalue weighted by atomic mass is 16.6. The Labute approximate surface area is 230 Å². The number of aliphatic carboxylic acids is 1. The summed E-state index contributed by atoms with van der Waals surface area (Å²) in [4.78, 5) is 38.0. The molecule has 6 rings (SSSR count). The molecule has 8 heteroatoms. The van der Waals surface area contributed by atoms with Gasteiger partial charge in [-0.25, -0.2) is 4.98 Å². The molecule has 6 atom stereocenters. The van der Waals surface area contributed by atoms with Gasteiger partial charge in [-0.15, -0.1) is 0 Å². The molecular weight excluding hydrogens is 492 g/mol. The van der Waals surface area contributed by atoms with Crippen LogP contribution >= 0.6 is 0 Å². The highest BCUT2D eigenvalue weighted by molar-refractivity contribution is 6.00. The van der Waals surface area contributed by atoms with Crippen LogP contribution in [-0.4, -0.2) is 56.5 Å². The molecule has 210 valence electrons. The van der Waals surface area contributed by atoms with Gasteiger partial charge < -0.3 is 14.5 Å². The second-order valence-electron chi connectivity index (χ2n) is 12.4. The topological polar surface area (TPSA) is 97.0 Å². The number of piperidine rings is 2. The van der Waals surface area contributed by atoms with E-state index < -0.39 is 5.97 Å². The Hall–Kier alpha value is -2.74. The van der Waals surface area contributed by atoms with E-state index >= 15 is 0 Å². The van der Waals surface area contributed by atoms with Crippen LogP contribution in [0.4, 0.5) is 0 Å². The van der Waals surface area contributed by atoms with E-state index in [0.29, 0.717) is 23.8 Å². The van der Waals surface area contributed by atoms with Gasteiger partial charge in [-0.1, -0.05) is 49.4 Å². The predicted octanol–water partition coefficient (Wildman–Crippen LogP) is 5.53. The first kappa shape index (κ1) is 26.5. The van der Waals surface area contributed by atoms with Gasteiger partial charge in [0.25, 0.3) is 5.56 Å². The summed E-state index contributed by atoms with van der Waals surface area (Å²) in [5, 5.41) is 13.3. The van der Waals surface area contributed by atoms with Gasteiger partial charge in [-0.3, -0.25) is 14.5 Å². The number of carbonyl (C=O) groups is 1. The van der Waals surface area contributed by atoms with Crippen LogP contribution in [0.1, 0.15) is 102 Å². The van der Waals surface area contributed by atoms with Gasteiger partial charge in [-0.2, -0.15) is 0 Å². The van der Waals surface area contributed by atoms with Gasteiger partial charge in [-0.05, 0) is 68.9 Å². The lowest BCUT2D eigenvalue weighted by Crippen LogP contribution is -2.58. The van der Waals surface area contributed by atoms with E-state index in [1.807, 2.05) is 28.8 Å². The number of aromatic nitrogens is 2. The molecule has 2 saturated heterocycles. The van der Waals surface area contributed by atoms with Crippen molar-refractivity contribution < 1.29 is 14.7 Å². The van der Waals surface area contributed by atoms with Gasteiger partial charge in [0.15, 0.2) is 5.69 Å². The fraction of sp³-hybridized carbons (Fsp3) is 0.677. The molecule has 2 aliphatic heterocycles. The zero-order valence-electron chi connectivity index (χ0n) is 23.1. The van der Waals surface area contributed by atoms with Crippen molar-refractivity contribution in [3.8, 4) is 0 Å². The van der Waals surface area contributed by atoms with Crippen LogP contribution in [0.2, 0.25) is 0 Å². The molecule has 4 bridgehead atoms. The van der Waals surface area contributed by atoms with Gasteiger partial charge in [0.05, 0.1) is 17.5 Å². The van der Waals surface area contributed by atoms with Crippen LogP contribution in [0.15, 0.2) is 34.2 Å². The molecule has 0 spiro atoms. The number of hydrogen-bond donors (Lipinski definition) is 1. The van der Waals surface area contributed by atoms with Crippen molar-refractivity contribution in [2.75, 3.05) is 7.11 Å². The maximum absolute atomic E-state index is 14.1. The monoisotopic (exact) mass is 534 g/mol. The largest absolute Gasteiger partial charge is 0.481 e. The van der Waals surface area contributed by atoms with Gasteiger partial charge in [0.2, 0.25) is 0 Å². The molecule has 2 aliphatic carbocycles. The molecule has 0 amide bonds. The Morgan fingerprint density at radius 3 is 2.28 bits per heavy atom. The third-order valence-corrected chi connectivity index (χ3v) is 9.99. The summed E-state index contributed by atoms with van der Waals surface area (Å²) in [5.74, 6) is 0.851. The van der Waals surface area contributed by atoms with Gasteiger partial charge >= 0.3 is 5.97 Å². The van der Waals surface area contributed by atoms with Crippen LogP contribution in [0.25, 0.3) is 11.0 Å². The number of hydrogen-bond acceptors (Lipinski definition) is 6. The van der Waals surface area contributed by atoms with Crippen molar-refractivity contribution in [1.82, 2.24) is 14.5 Å². The quantitative estimate of drug-likeness (QED) is 0.371. The number of carboxylic acids is 1. The Morgan fingerprint density at radius 2 is 1.62 bits per heavy atom. The Bertz CT molecular complexity index is 1260. The maximum atomic E-state index is 14.1. The molecule has 1 N–H and O–H groups in total. The zero-order valence-corrected chi connectivity index (χ0v) is 23.1. The minimum Gasteiger partial charge on any atom is -0.481 e. The number of oxime groups is 1. The van der Waals surface area contributed by atoms with E-state index in [-0.39, 0.29) is 30.1 Å². The van der Waals surface area contributed by atoms with Crippen molar-refractivity contribution in [2.24, 2.45) is 17.0 Å². The van der Waals surface area contributed by atoms with Crippen molar-refractivity contribution in [1.29, 1.82) is 0 Å². The standard InChI is InChI=1S/C31H42N4O4/c1-39-33-27(13-14-29(36)37)30-31(38)35(28-12-5-4-11-26(28)32-30)25-18-22-9-6-10-23(19-25)34(22)24-16-20-7-2-3-8-21(15-20)17-24/h4-5,11-12,20-25H,2-3,6-10,13-19H2,1H3,(H,36,37)/b33-27+/t20-,21+,22-,23?,24?,25?/m0/s1. The van der Waals surface area contributed by atoms with Crippen LogP contribution in [0, 0.1) is 11.8 Å². The maximum Gasteiger partial charge on any atom is 0.303 e. The van der Waals surface area contributed by atoms with Crippen molar-refractivity contribution in [3.05, 3.63) is 40.3 Å². The molecule has 3 heterocycles. The number of nitrogens with zero attached hydrogens (tertiary/aromatic N) is 4. The van der Waals surface area contributed by atoms with Gasteiger partial charge in [0, 0.05) is 30.6 Å². The minimum atomic E-state index is -0.942. The minimum absolute atomic E-state index is 0.0878. The fourth-order valence-corrected chi connectivity index (χ4v) is 8.55. The molecule has 2 saturated carbocycles. The molecule has 1 aromatic heterocycles. The number of carboxylic acid groups (broad SMARTS) is 1. The van der Waals surface area contributed by atoms with Crippen LogP contribution in [0.3, 0.4) is 0 Å². The highest BCUT2D eigenvalue weighted by Crippen LogP contribution is 2.47. The Kier molecular flexibility index (Phi) is 7.74. The van der Waals surface area contributed by atoms with E-state index in [1.54, 1.807) is 0 Å². The van der Waals surface area contributed by atoms with Crippen LogP contribution in [0.5, 0.6) is 0 Å². The number of para-hydroxylation sites is 2. The lowest BCUT2D eigenvalue weighted by Gasteiger charge is -2.54. The smallest absolute Gasteiger partial charge is 0.303 e. The number of rotatable bonds is 7. The van der Waals surface area contributed by atoms with E-state index in [0.717, 1.165) is 35.7 Å². The molecule has 8 nitrogen and oxygen atoms in total. The van der Waals surface area contributed by atoms with Gasteiger partial charge in [0.1, 0.15) is 12.8 Å². The summed E-state index contributed by atoms with van der Waals surface area (Å²) < 4.78 is 1.97. The third kappa shape index (κ3) is 5.37. The summed E-state index contributed by atoms with van der Waals surface area (Å²) in [6.45, 7) is 0. The van der Waals surface area contributed by atoms with E-state index in [2.05, 4.69) is 15.0 Å². The lowest BCUT2D eigenvalue weighted by molar-refractivity contribution is -0.136.